The first-order valence-corrected chi connectivity index (χ1v) is 6.19. The molecular weight excluding hydrogens is 246 g/mol. The predicted molar refractivity (Wildman–Crippen MR) is 63.9 cm³/mol. The molecule has 1 aromatic rings. The summed E-state index contributed by atoms with van der Waals surface area (Å²) in [6, 6.07) is 7.02. The van der Waals surface area contributed by atoms with E-state index < -0.39 is 5.92 Å². The molecule has 1 atom stereocenters. The second-order valence-electron chi connectivity index (χ2n) is 4.59. The normalized spacial score (nSPS) is 23.4. The molecule has 0 aromatic heterocycles. The summed E-state index contributed by atoms with van der Waals surface area (Å²) < 4.78 is 31.8. The third-order valence-electron chi connectivity index (χ3n) is 3.02. The lowest BCUT2D eigenvalue weighted by Gasteiger charge is -2.28. The summed E-state index contributed by atoms with van der Waals surface area (Å²) >= 11 is 5.81. The molecule has 1 aliphatic rings. The number of alkyl halides is 2. The standard InChI is InChI=1S/C13H15ClF2O/c14-11-4-1-5-12(7-11)17-9-10-3-2-6-13(15,16)8-10/h1,4-5,7,10H,2-3,6,8-9H2. The van der Waals surface area contributed by atoms with E-state index in [1.165, 1.54) is 0 Å². The Balaban J connectivity index is 1.86. The summed E-state index contributed by atoms with van der Waals surface area (Å²) in [5.74, 6) is -1.93. The Kier molecular flexibility index (Phi) is 3.87. The van der Waals surface area contributed by atoms with Gasteiger partial charge in [-0.15, -0.1) is 0 Å². The van der Waals surface area contributed by atoms with Gasteiger partial charge in [0.25, 0.3) is 0 Å². The molecule has 0 radical (unpaired) electrons. The molecule has 0 heterocycles. The van der Waals surface area contributed by atoms with Crippen LogP contribution in [-0.2, 0) is 0 Å². The third kappa shape index (κ3) is 3.84. The van der Waals surface area contributed by atoms with E-state index >= 15 is 0 Å². The predicted octanol–water partition coefficient (Wildman–Crippen LogP) is 4.54. The van der Waals surface area contributed by atoms with Crippen molar-refractivity contribution < 1.29 is 13.5 Å². The van der Waals surface area contributed by atoms with E-state index in [-0.39, 0.29) is 18.8 Å². The minimum atomic E-state index is -2.51. The van der Waals surface area contributed by atoms with Crippen molar-refractivity contribution in [3.8, 4) is 5.75 Å². The fourth-order valence-corrected chi connectivity index (χ4v) is 2.37. The van der Waals surface area contributed by atoms with Crippen LogP contribution < -0.4 is 4.74 Å². The van der Waals surface area contributed by atoms with Crippen molar-refractivity contribution in [2.24, 2.45) is 5.92 Å². The molecule has 0 bridgehead atoms. The van der Waals surface area contributed by atoms with Gasteiger partial charge in [-0.1, -0.05) is 17.7 Å². The highest BCUT2D eigenvalue weighted by molar-refractivity contribution is 6.30. The van der Waals surface area contributed by atoms with Gasteiger partial charge in [0.05, 0.1) is 6.61 Å². The lowest BCUT2D eigenvalue weighted by molar-refractivity contribution is -0.0585. The van der Waals surface area contributed by atoms with E-state index in [0.29, 0.717) is 23.8 Å². The molecule has 94 valence electrons. The minimum Gasteiger partial charge on any atom is -0.493 e. The summed E-state index contributed by atoms with van der Waals surface area (Å²) in [6.07, 6.45) is 1.35. The zero-order chi connectivity index (χ0) is 12.3. The first-order valence-electron chi connectivity index (χ1n) is 5.81. The highest BCUT2D eigenvalue weighted by Gasteiger charge is 2.36. The SMILES string of the molecule is FC1(F)CCCC(COc2cccc(Cl)c2)C1. The van der Waals surface area contributed by atoms with Crippen LogP contribution in [0, 0.1) is 5.92 Å². The molecule has 0 aliphatic heterocycles. The van der Waals surface area contributed by atoms with Gasteiger partial charge in [-0.05, 0) is 37.0 Å². The van der Waals surface area contributed by atoms with Crippen LogP contribution in [0.4, 0.5) is 8.78 Å². The first-order chi connectivity index (χ1) is 8.05. The molecule has 1 aliphatic carbocycles. The lowest BCUT2D eigenvalue weighted by Crippen LogP contribution is -2.29. The molecule has 0 N–H and O–H groups in total. The number of ether oxygens (including phenoxy) is 1. The van der Waals surface area contributed by atoms with Crippen LogP contribution in [-0.4, -0.2) is 12.5 Å². The zero-order valence-electron chi connectivity index (χ0n) is 9.46. The molecule has 2 rings (SSSR count). The smallest absolute Gasteiger partial charge is 0.248 e. The van der Waals surface area contributed by atoms with Crippen molar-refractivity contribution >= 4 is 11.6 Å². The molecule has 0 amide bonds. The summed E-state index contributed by atoms with van der Waals surface area (Å²) in [5, 5.41) is 0.594. The van der Waals surface area contributed by atoms with E-state index in [9.17, 15) is 8.78 Å². The minimum absolute atomic E-state index is 0.0145. The number of benzene rings is 1. The Hall–Kier alpha value is -0.830. The van der Waals surface area contributed by atoms with Crippen LogP contribution in [0.2, 0.25) is 5.02 Å². The molecule has 1 aromatic carbocycles. The highest BCUT2D eigenvalue weighted by atomic mass is 35.5. The molecule has 0 saturated heterocycles. The Morgan fingerprint density at radius 3 is 2.94 bits per heavy atom. The molecule has 1 saturated carbocycles. The van der Waals surface area contributed by atoms with Gasteiger partial charge < -0.3 is 4.74 Å². The molecule has 0 spiro atoms. The Morgan fingerprint density at radius 1 is 1.41 bits per heavy atom. The Bertz CT molecular complexity index is 381. The maximum absolute atomic E-state index is 13.2. The number of rotatable bonds is 3. The van der Waals surface area contributed by atoms with Crippen molar-refractivity contribution in [1.29, 1.82) is 0 Å². The molecular formula is C13H15ClF2O. The molecule has 4 heteroatoms. The van der Waals surface area contributed by atoms with Crippen molar-refractivity contribution in [2.45, 2.75) is 31.6 Å². The van der Waals surface area contributed by atoms with E-state index in [1.54, 1.807) is 24.3 Å². The average molecular weight is 261 g/mol. The zero-order valence-corrected chi connectivity index (χ0v) is 10.2. The van der Waals surface area contributed by atoms with Gasteiger partial charge in [-0.3, -0.25) is 0 Å². The Labute approximate surface area is 105 Å². The maximum Gasteiger partial charge on any atom is 0.248 e. The topological polar surface area (TPSA) is 9.23 Å². The number of hydrogen-bond donors (Lipinski definition) is 0. The van der Waals surface area contributed by atoms with E-state index in [2.05, 4.69) is 0 Å². The summed E-state index contributed by atoms with van der Waals surface area (Å²) in [7, 11) is 0. The van der Waals surface area contributed by atoms with Gasteiger partial charge in [-0.2, -0.15) is 0 Å². The summed E-state index contributed by atoms with van der Waals surface area (Å²) in [5.41, 5.74) is 0. The van der Waals surface area contributed by atoms with E-state index in [0.717, 1.165) is 6.42 Å². The second-order valence-corrected chi connectivity index (χ2v) is 5.02. The summed E-state index contributed by atoms with van der Waals surface area (Å²) in [4.78, 5) is 0. The van der Waals surface area contributed by atoms with Crippen LogP contribution in [0.25, 0.3) is 0 Å². The van der Waals surface area contributed by atoms with Crippen molar-refractivity contribution in [3.05, 3.63) is 29.3 Å². The summed E-state index contributed by atoms with van der Waals surface area (Å²) in [6.45, 7) is 0.343. The largest absolute Gasteiger partial charge is 0.493 e. The van der Waals surface area contributed by atoms with Gasteiger partial charge in [0.2, 0.25) is 5.92 Å². The first kappa shape index (κ1) is 12.6. The molecule has 1 nitrogen and oxygen atoms in total. The highest BCUT2D eigenvalue weighted by Crippen LogP contribution is 2.36. The van der Waals surface area contributed by atoms with Crippen molar-refractivity contribution in [3.63, 3.8) is 0 Å². The Morgan fingerprint density at radius 2 is 2.24 bits per heavy atom. The third-order valence-corrected chi connectivity index (χ3v) is 3.26. The average Bonchev–Trinajstić information content (AvgIpc) is 2.25. The molecule has 1 unspecified atom stereocenters. The second kappa shape index (κ2) is 5.21. The lowest BCUT2D eigenvalue weighted by atomic mass is 9.87. The number of hydrogen-bond acceptors (Lipinski definition) is 1. The monoisotopic (exact) mass is 260 g/mol. The fourth-order valence-electron chi connectivity index (χ4n) is 2.19. The maximum atomic E-state index is 13.2. The van der Waals surface area contributed by atoms with Crippen molar-refractivity contribution in [2.75, 3.05) is 6.61 Å². The van der Waals surface area contributed by atoms with Gasteiger partial charge in [-0.25, -0.2) is 8.78 Å². The van der Waals surface area contributed by atoms with Gasteiger partial charge in [0, 0.05) is 17.9 Å². The van der Waals surface area contributed by atoms with E-state index in [1.807, 2.05) is 0 Å². The van der Waals surface area contributed by atoms with Gasteiger partial charge >= 0.3 is 0 Å². The van der Waals surface area contributed by atoms with Crippen LogP contribution in [0.15, 0.2) is 24.3 Å². The van der Waals surface area contributed by atoms with E-state index in [4.69, 9.17) is 16.3 Å². The van der Waals surface area contributed by atoms with Crippen LogP contribution >= 0.6 is 11.6 Å². The van der Waals surface area contributed by atoms with Gasteiger partial charge in [0.1, 0.15) is 5.75 Å². The van der Waals surface area contributed by atoms with Crippen molar-refractivity contribution in [1.82, 2.24) is 0 Å². The van der Waals surface area contributed by atoms with Crippen LogP contribution in [0.1, 0.15) is 25.7 Å². The molecule has 17 heavy (non-hydrogen) atoms. The fraction of sp³-hybridized carbons (Fsp3) is 0.538. The molecule has 1 fully saturated rings. The van der Waals surface area contributed by atoms with Gasteiger partial charge in [0.15, 0.2) is 0 Å². The number of halogens is 3. The quantitative estimate of drug-likeness (QED) is 0.775. The van der Waals surface area contributed by atoms with Crippen LogP contribution in [0.3, 0.4) is 0 Å². The van der Waals surface area contributed by atoms with Crippen LogP contribution in [0.5, 0.6) is 5.75 Å².